The lowest BCUT2D eigenvalue weighted by Crippen LogP contribution is -2.55. The summed E-state index contributed by atoms with van der Waals surface area (Å²) in [5, 5.41) is 66.7. The number of halogens is 2. The number of piperidine rings is 1. The van der Waals surface area contributed by atoms with Gasteiger partial charge in [0.1, 0.15) is 65.6 Å². The van der Waals surface area contributed by atoms with Gasteiger partial charge in [0, 0.05) is 81.5 Å². The van der Waals surface area contributed by atoms with Crippen molar-refractivity contribution >= 4 is 51.2 Å². The van der Waals surface area contributed by atoms with Crippen LogP contribution in [0.5, 0.6) is 17.2 Å². The van der Waals surface area contributed by atoms with E-state index in [1.807, 2.05) is 0 Å². The summed E-state index contributed by atoms with van der Waals surface area (Å²) >= 11 is 0. The van der Waals surface area contributed by atoms with Crippen molar-refractivity contribution in [2.75, 3.05) is 62.6 Å². The summed E-state index contributed by atoms with van der Waals surface area (Å²) in [5.74, 6) is 0.180. The van der Waals surface area contributed by atoms with E-state index in [1.165, 1.54) is 57.5 Å². The van der Waals surface area contributed by atoms with E-state index < -0.39 is 55.2 Å². The monoisotopic (exact) mass is 1510 g/mol. The van der Waals surface area contributed by atoms with Gasteiger partial charge >= 0.3 is 22.8 Å². The molecule has 0 saturated carbocycles. The average molecular weight is 1510 g/mol. The number of aliphatic hydroxyl groups excluding tert-OH is 1. The topological polar surface area (TPSA) is 443 Å². The fraction of sp³-hybridized carbons (Fsp3) is 0.500. The van der Waals surface area contributed by atoms with Crippen LogP contribution >= 0.6 is 0 Å². The lowest BCUT2D eigenvalue weighted by atomic mass is 9.84. The highest BCUT2D eigenvalue weighted by Crippen LogP contribution is 2.40. The molecule has 2 aliphatic heterocycles. The summed E-state index contributed by atoms with van der Waals surface area (Å²) < 4.78 is 65.5. The maximum absolute atomic E-state index is 14.7. The number of rotatable bonds is 23. The van der Waals surface area contributed by atoms with Crippen molar-refractivity contribution < 1.29 is 46.8 Å². The Morgan fingerprint density at radius 1 is 0.604 bits per heavy atom. The van der Waals surface area contributed by atoms with Gasteiger partial charge in [-0.1, -0.05) is 41.5 Å². The third-order valence-corrected chi connectivity index (χ3v) is 27.5. The highest BCUT2D eigenvalue weighted by molar-refractivity contribution is 6.74. The lowest BCUT2D eigenvalue weighted by molar-refractivity contribution is -0.385. The number of ether oxygens (including phenoxy) is 3. The maximum atomic E-state index is 14.7. The number of tetrazole rings is 4. The van der Waals surface area contributed by atoms with Gasteiger partial charge in [0.05, 0.1) is 35.9 Å². The van der Waals surface area contributed by atoms with Crippen molar-refractivity contribution in [1.29, 1.82) is 0 Å². The van der Waals surface area contributed by atoms with Gasteiger partial charge in [-0.2, -0.15) is 42.4 Å². The first-order valence-corrected chi connectivity index (χ1v) is 39.4. The number of non-ortho nitro benzene ring substituents is 2. The molecule has 0 spiro atoms. The molecule has 5 aromatic heterocycles. The van der Waals surface area contributed by atoms with Crippen LogP contribution in [0.15, 0.2) is 98.2 Å². The number of anilines is 4. The number of aliphatic hydroxyl groups is 1. The highest BCUT2D eigenvalue weighted by atomic mass is 28.4. The van der Waals surface area contributed by atoms with Crippen molar-refractivity contribution in [2.45, 2.75) is 135 Å². The summed E-state index contributed by atoms with van der Waals surface area (Å²) in [5.41, 5.74) is 4.99. The van der Waals surface area contributed by atoms with Crippen LogP contribution in [-0.2, 0) is 37.0 Å². The summed E-state index contributed by atoms with van der Waals surface area (Å²) in [6.07, 6.45) is 5.34. The number of nitrogen functional groups attached to an aromatic ring is 1. The third-order valence-electron chi connectivity index (χ3n) is 18.4. The molecule has 7 heterocycles. The number of nitrogens with two attached hydrogens (primary N) is 1. The van der Waals surface area contributed by atoms with Gasteiger partial charge in [0.2, 0.25) is 5.95 Å². The van der Waals surface area contributed by atoms with Gasteiger partial charge in [0.25, 0.3) is 11.4 Å². The first kappa shape index (κ1) is 80.9. The van der Waals surface area contributed by atoms with Gasteiger partial charge in [-0.15, -0.1) is 0 Å². The first-order valence-electron chi connectivity index (χ1n) is 33.6. The highest BCUT2D eigenvalue weighted by Gasteiger charge is 2.43. The van der Waals surface area contributed by atoms with Gasteiger partial charge in [0.15, 0.2) is 28.3 Å². The SMILES string of the molecule is Cn1nnn(-c2cc(N)ccc2OCCO[Si](C)(C)C(C)(C)C)c1=O.Cn1nnn(-c2cc(Nc3ncc(F)c(N[C@@H]4C[C@@H]5CCCN5C(C)(C)C4)n3)ccc2OCCO)c1=O.Cn1nnn(-c2cc([N+](=O)[O-])ccc2F)c1=O.Cn1nnn(-c2cc([N+](=O)[O-])ccc2OCCO[Si](C)(C)C(C)(C)C)c1=O. The summed E-state index contributed by atoms with van der Waals surface area (Å²) in [4.78, 5) is 79.6. The molecule has 0 radical (unpaired) electrons. The van der Waals surface area contributed by atoms with Gasteiger partial charge in [-0.05, 0) is 173 Å². The van der Waals surface area contributed by atoms with E-state index >= 15 is 0 Å². The zero-order valence-electron chi connectivity index (χ0n) is 61.9. The predicted octanol–water partition coefficient (Wildman–Crippen LogP) is 6.06. The molecule has 5 N–H and O–H groups in total. The Labute approximate surface area is 608 Å². The smallest absolute Gasteiger partial charge is 0.368 e. The zero-order valence-corrected chi connectivity index (χ0v) is 63.9. The molecule has 38 nitrogen and oxygen atoms in total. The molecule has 4 aromatic carbocycles. The number of hydrogen-bond acceptors (Lipinski definition) is 28. The maximum Gasteiger partial charge on any atom is 0.368 e. The third kappa shape index (κ3) is 19.6. The van der Waals surface area contributed by atoms with E-state index in [0.29, 0.717) is 70.5 Å². The van der Waals surface area contributed by atoms with Gasteiger partial charge in [-0.3, -0.25) is 25.1 Å². The van der Waals surface area contributed by atoms with Crippen LogP contribution in [0.2, 0.25) is 36.3 Å². The number of nitrogens with zero attached hydrogens (tertiary/aromatic N) is 21. The minimum atomic E-state index is -1.90. The molecule has 2 fully saturated rings. The van der Waals surface area contributed by atoms with Crippen molar-refractivity contribution in [3.63, 3.8) is 0 Å². The Morgan fingerprint density at radius 2 is 1.04 bits per heavy atom. The number of aryl methyl sites for hydroxylation is 4. The standard InChI is InChI=1S/C24H32FN9O3.C16H25N5O5Si.C16H27N5O3Si.C8H6FN5O3/c1-24(2)13-16(11-17-5-4-8-33(17)24)27-21-18(25)14-26-22(29-21)28-15-6-7-20(37-10-9-35)19(12-15)34-23(36)32(3)30-31-34;1-16(2,3)27(5,6)26-10-9-25-14-8-7-12(21(23)24)11-13(14)20-15(22)19(4)17-18-20;1-16(2,3)25(5,6)24-10-9-23-14-8-7-12(17)11-13(14)21-15(22)20(4)18-19-21;1-12-8(15)13(11-10-12)7-4-5(14(16)17)2-3-6(7)9/h6-7,12,14,16-17,35H,4-5,8-11,13H2,1-3H3,(H2,26,27,28,29);7-8,11H,9-10H2,1-6H3;7-8,11H,9-10,17H2,1-6H3;2-4H,1H3/t16-,17+;;;/m1.../s1. The molecule has 106 heavy (non-hydrogen) atoms. The number of fused-ring (bicyclic) bond motifs is 1. The van der Waals surface area contributed by atoms with E-state index in [9.17, 15) is 48.2 Å². The molecule has 0 amide bonds. The quantitative estimate of drug-likeness (QED) is 0.0186. The second kappa shape index (κ2) is 33.5. The molecule has 42 heteroatoms. The van der Waals surface area contributed by atoms with Crippen LogP contribution < -0.4 is 53.3 Å². The number of aromatic nitrogens is 18. The normalized spacial score (nSPS) is 15.0. The summed E-state index contributed by atoms with van der Waals surface area (Å²) in [6, 6.07) is 17.5. The van der Waals surface area contributed by atoms with E-state index in [4.69, 9.17) is 33.9 Å². The van der Waals surface area contributed by atoms with Crippen molar-refractivity contribution in [3.8, 4) is 40.0 Å². The Morgan fingerprint density at radius 3 is 1.50 bits per heavy atom. The second-order valence-corrected chi connectivity index (χ2v) is 38.1. The molecular weight excluding hydrogens is 1420 g/mol. The Bertz CT molecular complexity index is 4820. The first-order chi connectivity index (χ1) is 49.7. The fourth-order valence-corrected chi connectivity index (χ4v) is 12.8. The Kier molecular flexibility index (Phi) is 25.6. The lowest BCUT2D eigenvalue weighted by Gasteiger charge is -2.47. The molecule has 2 aliphatic rings. The van der Waals surface area contributed by atoms with Crippen molar-refractivity contribution in [3.05, 3.63) is 153 Å². The van der Waals surface area contributed by atoms with E-state index in [-0.39, 0.29) is 81.7 Å². The zero-order chi connectivity index (χ0) is 78.0. The predicted molar refractivity (Wildman–Crippen MR) is 390 cm³/mol. The number of nitro groups is 2. The van der Waals surface area contributed by atoms with Gasteiger partial charge < -0.3 is 44.5 Å². The minimum absolute atomic E-state index is 0.0380. The molecule has 0 aliphatic carbocycles. The fourth-order valence-electron chi connectivity index (χ4n) is 10.7. The van der Waals surface area contributed by atoms with Crippen LogP contribution in [0.3, 0.4) is 0 Å². The van der Waals surface area contributed by atoms with Gasteiger partial charge in [-0.25, -0.2) is 32.9 Å². The van der Waals surface area contributed by atoms with Crippen LogP contribution in [0.1, 0.15) is 81.1 Å². The Hall–Kier alpha value is -10.8. The minimum Gasteiger partial charge on any atom is -0.489 e. The van der Waals surface area contributed by atoms with Crippen LogP contribution in [0.25, 0.3) is 22.7 Å². The molecule has 0 bridgehead atoms. The molecule has 0 unspecified atom stereocenters. The number of benzene rings is 4. The summed E-state index contributed by atoms with van der Waals surface area (Å²) in [7, 11) is 2.08. The molecule has 2 saturated heterocycles. The van der Waals surface area contributed by atoms with Crippen molar-refractivity contribution in [2.24, 2.45) is 28.2 Å². The molecule has 11 rings (SSSR count). The largest absolute Gasteiger partial charge is 0.489 e. The Balaban J connectivity index is 0.000000185. The average Bonchev–Trinajstić information content (AvgIpc) is 1.56. The van der Waals surface area contributed by atoms with Crippen LogP contribution in [0.4, 0.5) is 43.3 Å². The second-order valence-electron chi connectivity index (χ2n) is 28.5. The molecule has 2 atom stereocenters. The molecule has 9 aromatic rings. The van der Waals surface area contributed by atoms with Crippen LogP contribution in [0, 0.1) is 31.9 Å². The van der Waals surface area contributed by atoms with E-state index in [0.717, 1.165) is 78.3 Å². The van der Waals surface area contributed by atoms with Crippen molar-refractivity contribution in [1.82, 2.24) is 94.0 Å². The number of nitrogens with one attached hydrogen (secondary N) is 2. The van der Waals surface area contributed by atoms with Crippen LogP contribution in [-0.4, -0.2) is 189 Å². The molecule has 572 valence electrons. The van der Waals surface area contributed by atoms with E-state index in [2.05, 4.69) is 149 Å². The van der Waals surface area contributed by atoms with E-state index in [1.54, 1.807) is 36.4 Å². The summed E-state index contributed by atoms with van der Waals surface area (Å²) in [6.45, 7) is 28.6. The number of hydrogen-bond donors (Lipinski definition) is 4. The molecular formula is C64H90F2N24O14Si2. The number of nitro benzene ring substituents is 2.